The molecule has 1 saturated heterocycles. The van der Waals surface area contributed by atoms with Gasteiger partial charge in [-0.2, -0.15) is 23.8 Å². The predicted octanol–water partition coefficient (Wildman–Crippen LogP) is 4.34. The number of hydrogen-bond donors (Lipinski definition) is 3. The average Bonchev–Trinajstić information content (AvgIpc) is 2.97. The molecule has 1 aromatic carbocycles. The van der Waals surface area contributed by atoms with Crippen molar-refractivity contribution in [2.24, 2.45) is 7.05 Å². The van der Waals surface area contributed by atoms with Crippen molar-refractivity contribution in [1.82, 2.24) is 14.5 Å². The van der Waals surface area contributed by atoms with E-state index in [1.807, 2.05) is 0 Å². The van der Waals surface area contributed by atoms with Crippen molar-refractivity contribution in [2.45, 2.75) is 30.8 Å². The third-order valence-electron chi connectivity index (χ3n) is 5.68. The Bertz CT molecular complexity index is 1200. The van der Waals surface area contributed by atoms with Crippen LogP contribution in [0.4, 0.5) is 19.0 Å². The molecule has 0 radical (unpaired) electrons. The number of nitrogens with one attached hydrogen (secondary N) is 1. The Labute approximate surface area is 177 Å². The number of alkyl halides is 3. The van der Waals surface area contributed by atoms with E-state index < -0.39 is 27.6 Å². The van der Waals surface area contributed by atoms with E-state index in [1.54, 1.807) is 6.92 Å². The second-order valence-corrected chi connectivity index (χ2v) is 10.2. The fourth-order valence-electron chi connectivity index (χ4n) is 3.72. The number of benzene rings is 1. The van der Waals surface area contributed by atoms with Crippen LogP contribution in [0, 0.1) is 0 Å². The van der Waals surface area contributed by atoms with Crippen molar-refractivity contribution in [3.63, 3.8) is 0 Å². The van der Waals surface area contributed by atoms with Gasteiger partial charge in [0.2, 0.25) is 0 Å². The molecule has 2 unspecified atom stereocenters. The lowest BCUT2D eigenvalue weighted by Crippen LogP contribution is -2.30. The highest BCUT2D eigenvalue weighted by atomic mass is 32.3. The standard InChI is InChI=1S/C20H21F3N4O3S/c1-11-15(7-8-31(11,29)30)26-18-16-17(25-10-27(2)19(16)28)14(9-24-18)12-3-5-13(6-4-12)20(21,22)23/h3-6,9-11,15,29-30H,7-8H2,1-2H3,(H,24,26). The number of nitrogens with zero attached hydrogens (tertiary/aromatic N) is 3. The van der Waals surface area contributed by atoms with Gasteiger partial charge in [0.15, 0.2) is 0 Å². The first-order chi connectivity index (χ1) is 14.5. The van der Waals surface area contributed by atoms with Crippen LogP contribution in [0.25, 0.3) is 22.0 Å². The van der Waals surface area contributed by atoms with E-state index in [1.165, 1.54) is 36.3 Å². The van der Waals surface area contributed by atoms with Crippen LogP contribution in [0.1, 0.15) is 18.9 Å². The number of anilines is 1. The highest BCUT2D eigenvalue weighted by Crippen LogP contribution is 2.52. The van der Waals surface area contributed by atoms with Crippen molar-refractivity contribution in [1.29, 1.82) is 0 Å². The Morgan fingerprint density at radius 3 is 2.45 bits per heavy atom. The van der Waals surface area contributed by atoms with E-state index in [-0.39, 0.29) is 28.6 Å². The Morgan fingerprint density at radius 2 is 1.87 bits per heavy atom. The second-order valence-electron chi connectivity index (χ2n) is 7.65. The maximum Gasteiger partial charge on any atom is 0.416 e. The first-order valence-corrected chi connectivity index (χ1v) is 11.3. The van der Waals surface area contributed by atoms with E-state index in [2.05, 4.69) is 15.3 Å². The molecule has 3 heterocycles. The summed E-state index contributed by atoms with van der Waals surface area (Å²) in [5.74, 6) is 0.525. The maximum atomic E-state index is 12.9. The molecule has 31 heavy (non-hydrogen) atoms. The van der Waals surface area contributed by atoms with Gasteiger partial charge in [-0.3, -0.25) is 13.9 Å². The van der Waals surface area contributed by atoms with E-state index >= 15 is 0 Å². The van der Waals surface area contributed by atoms with Gasteiger partial charge in [-0.05, 0) is 31.0 Å². The minimum absolute atomic E-state index is 0.193. The van der Waals surface area contributed by atoms with Crippen molar-refractivity contribution in [3.05, 3.63) is 52.7 Å². The van der Waals surface area contributed by atoms with Crippen molar-refractivity contribution >= 4 is 27.3 Å². The summed E-state index contributed by atoms with van der Waals surface area (Å²) in [5, 5.41) is 2.93. The molecule has 0 spiro atoms. The van der Waals surface area contributed by atoms with Crippen LogP contribution in [-0.4, -0.2) is 40.7 Å². The first kappa shape index (κ1) is 21.6. The topological polar surface area (TPSA) is 100 Å². The number of rotatable bonds is 3. The van der Waals surface area contributed by atoms with Gasteiger partial charge in [0.1, 0.15) is 11.2 Å². The van der Waals surface area contributed by atoms with Crippen LogP contribution < -0.4 is 10.9 Å². The zero-order valence-corrected chi connectivity index (χ0v) is 17.5. The van der Waals surface area contributed by atoms with Gasteiger partial charge in [-0.15, -0.1) is 0 Å². The first-order valence-electron chi connectivity index (χ1n) is 9.52. The number of aromatic nitrogens is 3. The van der Waals surface area contributed by atoms with Crippen molar-refractivity contribution in [2.75, 3.05) is 11.1 Å². The molecule has 1 fully saturated rings. The minimum Gasteiger partial charge on any atom is -0.365 e. The molecule has 4 rings (SSSR count). The molecule has 1 aliphatic heterocycles. The second kappa shape index (κ2) is 7.50. The number of pyridine rings is 1. The Balaban J connectivity index is 1.81. The Hall–Kier alpha value is -2.63. The van der Waals surface area contributed by atoms with E-state index in [0.717, 1.165) is 12.1 Å². The monoisotopic (exact) mass is 454 g/mol. The summed E-state index contributed by atoms with van der Waals surface area (Å²) in [6.07, 6.45) is -1.14. The smallest absolute Gasteiger partial charge is 0.365 e. The highest BCUT2D eigenvalue weighted by molar-refractivity contribution is 8.25. The van der Waals surface area contributed by atoms with Crippen LogP contribution in [0.5, 0.6) is 0 Å². The average molecular weight is 454 g/mol. The lowest BCUT2D eigenvalue weighted by atomic mass is 10.0. The quantitative estimate of drug-likeness (QED) is 0.545. The molecule has 0 amide bonds. The normalized spacial score (nSPS) is 21.9. The SMILES string of the molecule is CC1C(Nc2ncc(-c3ccc(C(F)(F)F)cc3)c3ncn(C)c(=O)c23)CCS1(O)O. The lowest BCUT2D eigenvalue weighted by molar-refractivity contribution is -0.137. The van der Waals surface area contributed by atoms with Crippen LogP contribution in [0.15, 0.2) is 41.6 Å². The van der Waals surface area contributed by atoms with Crippen molar-refractivity contribution < 1.29 is 22.3 Å². The highest BCUT2D eigenvalue weighted by Gasteiger charge is 2.37. The summed E-state index contributed by atoms with van der Waals surface area (Å²) >= 11 is 0. The van der Waals surface area contributed by atoms with Crippen LogP contribution in [0.2, 0.25) is 0 Å². The lowest BCUT2D eigenvalue weighted by Gasteiger charge is -2.33. The largest absolute Gasteiger partial charge is 0.416 e. The molecular formula is C20H21F3N4O3S. The molecule has 0 aliphatic carbocycles. The summed E-state index contributed by atoms with van der Waals surface area (Å²) in [5.41, 5.74) is 0.0328. The van der Waals surface area contributed by atoms with Crippen molar-refractivity contribution in [3.8, 4) is 11.1 Å². The molecular weight excluding hydrogens is 433 g/mol. The minimum atomic E-state index is -4.45. The fourth-order valence-corrected chi connectivity index (χ4v) is 5.42. The molecule has 166 valence electrons. The fraction of sp³-hybridized carbons (Fsp3) is 0.350. The predicted molar refractivity (Wildman–Crippen MR) is 114 cm³/mol. The van der Waals surface area contributed by atoms with Gasteiger partial charge >= 0.3 is 6.18 Å². The molecule has 0 saturated carbocycles. The number of aryl methyl sites for hydroxylation is 1. The molecule has 3 N–H and O–H groups in total. The zero-order chi connectivity index (χ0) is 22.6. The Kier molecular flexibility index (Phi) is 5.23. The maximum absolute atomic E-state index is 12.9. The molecule has 2 atom stereocenters. The molecule has 3 aromatic rings. The molecule has 2 aromatic heterocycles. The van der Waals surface area contributed by atoms with Gasteiger partial charge < -0.3 is 9.88 Å². The number of hydrogen-bond acceptors (Lipinski definition) is 6. The Morgan fingerprint density at radius 1 is 1.19 bits per heavy atom. The van der Waals surface area contributed by atoms with Crippen LogP contribution in [-0.2, 0) is 13.2 Å². The summed E-state index contributed by atoms with van der Waals surface area (Å²) in [4.78, 5) is 21.6. The van der Waals surface area contributed by atoms with Gasteiger partial charge in [0, 0.05) is 30.6 Å². The summed E-state index contributed by atoms with van der Waals surface area (Å²) in [6, 6.07) is 4.29. The molecule has 1 aliphatic rings. The summed E-state index contributed by atoms with van der Waals surface area (Å²) < 4.78 is 60.2. The molecule has 0 bridgehead atoms. The van der Waals surface area contributed by atoms with Gasteiger partial charge in [0.25, 0.3) is 5.56 Å². The third-order valence-corrected chi connectivity index (χ3v) is 8.04. The summed E-state index contributed by atoms with van der Waals surface area (Å²) in [6.45, 7) is 1.73. The van der Waals surface area contributed by atoms with E-state index in [0.29, 0.717) is 23.1 Å². The molecule has 7 nitrogen and oxygen atoms in total. The van der Waals surface area contributed by atoms with E-state index in [4.69, 9.17) is 0 Å². The van der Waals surface area contributed by atoms with Gasteiger partial charge in [-0.25, -0.2) is 9.97 Å². The number of fused-ring (bicyclic) bond motifs is 1. The molecule has 11 heteroatoms. The van der Waals surface area contributed by atoms with Gasteiger partial charge in [-0.1, -0.05) is 12.1 Å². The number of halogens is 3. The van der Waals surface area contributed by atoms with E-state index in [9.17, 15) is 27.1 Å². The zero-order valence-electron chi connectivity index (χ0n) is 16.7. The van der Waals surface area contributed by atoms with Crippen LogP contribution >= 0.6 is 10.6 Å². The van der Waals surface area contributed by atoms with Gasteiger partial charge in [0.05, 0.1) is 22.7 Å². The van der Waals surface area contributed by atoms with Crippen LogP contribution in [0.3, 0.4) is 0 Å². The summed E-state index contributed by atoms with van der Waals surface area (Å²) in [7, 11) is -1.17. The third kappa shape index (κ3) is 3.88.